The summed E-state index contributed by atoms with van der Waals surface area (Å²) in [5, 5.41) is 14.3. The zero-order chi connectivity index (χ0) is 20.7. The maximum absolute atomic E-state index is 11.2. The van der Waals surface area contributed by atoms with Gasteiger partial charge in [0.05, 0.1) is 11.6 Å². The largest absolute Gasteiger partial charge is 0.492 e. The zero-order valence-corrected chi connectivity index (χ0v) is 16.8. The van der Waals surface area contributed by atoms with Crippen LogP contribution in [0.2, 0.25) is 5.02 Å². The van der Waals surface area contributed by atoms with Gasteiger partial charge < -0.3 is 20.5 Å². The first-order valence-electron chi connectivity index (χ1n) is 8.90. The number of carboxylic acid groups (broad SMARTS) is 1. The highest BCUT2D eigenvalue weighted by atomic mass is 35.5. The number of carbonyl (C=O) groups is 2. The lowest BCUT2D eigenvalue weighted by Gasteiger charge is -2.18. The van der Waals surface area contributed by atoms with Crippen LogP contribution in [0.4, 0.5) is 10.6 Å². The van der Waals surface area contributed by atoms with Crippen molar-refractivity contribution in [3.8, 4) is 16.9 Å². The van der Waals surface area contributed by atoms with Crippen LogP contribution in [-0.2, 0) is 4.79 Å². The molecule has 1 unspecified atom stereocenters. The van der Waals surface area contributed by atoms with Crippen LogP contribution >= 0.6 is 11.6 Å². The number of aromatic nitrogens is 1. The molecule has 28 heavy (non-hydrogen) atoms. The van der Waals surface area contributed by atoms with Gasteiger partial charge in [-0.2, -0.15) is 0 Å². The van der Waals surface area contributed by atoms with Crippen molar-refractivity contribution in [3.63, 3.8) is 0 Å². The quantitative estimate of drug-likeness (QED) is 0.603. The smallest absolute Gasteiger partial charge is 0.404 e. The highest BCUT2D eigenvalue weighted by molar-refractivity contribution is 6.32. The molecule has 0 radical (unpaired) electrons. The van der Waals surface area contributed by atoms with E-state index < -0.39 is 6.09 Å². The van der Waals surface area contributed by atoms with Gasteiger partial charge in [0.1, 0.15) is 11.6 Å². The summed E-state index contributed by atoms with van der Waals surface area (Å²) in [6.45, 7) is 5.66. The molecule has 150 valence electrons. The lowest BCUT2D eigenvalue weighted by Crippen LogP contribution is -2.33. The van der Waals surface area contributed by atoms with E-state index in [0.717, 1.165) is 11.1 Å². The van der Waals surface area contributed by atoms with Crippen LogP contribution < -0.4 is 15.4 Å². The molecule has 7 nitrogen and oxygen atoms in total. The molecular formula is C20H24ClN3O4. The third-order valence-corrected chi connectivity index (χ3v) is 4.27. The number of hydrogen-bond donors (Lipinski definition) is 3. The predicted octanol–water partition coefficient (Wildman–Crippen LogP) is 4.42. The van der Waals surface area contributed by atoms with E-state index in [4.69, 9.17) is 21.4 Å². The van der Waals surface area contributed by atoms with E-state index in [1.165, 1.54) is 6.92 Å². The molecule has 8 heteroatoms. The van der Waals surface area contributed by atoms with Gasteiger partial charge in [-0.3, -0.25) is 4.79 Å². The number of benzene rings is 1. The standard InChI is InChI=1S/C20H24ClN3O4/c1-12(8-13(2)23-20(26)27)11-28-18-5-4-15(9-17(18)21)16-6-7-22-19(10-16)24-14(3)25/h4-7,9-10,12-13,23H,8,11H2,1-3H3,(H,26,27)(H,22,24,25)/t12-,13?/m0/s1. The van der Waals surface area contributed by atoms with Gasteiger partial charge in [0.15, 0.2) is 0 Å². The van der Waals surface area contributed by atoms with Crippen LogP contribution in [-0.4, -0.2) is 34.7 Å². The fourth-order valence-corrected chi connectivity index (χ4v) is 3.06. The normalized spacial score (nSPS) is 12.7. The van der Waals surface area contributed by atoms with Gasteiger partial charge in [0.2, 0.25) is 5.91 Å². The highest BCUT2D eigenvalue weighted by Crippen LogP contribution is 2.31. The number of amides is 2. The third kappa shape index (κ3) is 6.74. The van der Waals surface area contributed by atoms with Crippen LogP contribution in [0.5, 0.6) is 5.75 Å². The van der Waals surface area contributed by atoms with Gasteiger partial charge in [-0.25, -0.2) is 9.78 Å². The second kappa shape index (κ2) is 9.94. The minimum Gasteiger partial charge on any atom is -0.492 e. The first kappa shape index (κ1) is 21.5. The summed E-state index contributed by atoms with van der Waals surface area (Å²) in [5.74, 6) is 0.998. The third-order valence-electron chi connectivity index (χ3n) is 3.98. The molecule has 0 aliphatic carbocycles. The molecule has 0 saturated heterocycles. The van der Waals surface area contributed by atoms with Crippen molar-refractivity contribution in [3.05, 3.63) is 41.6 Å². The van der Waals surface area contributed by atoms with E-state index in [-0.39, 0.29) is 17.9 Å². The number of nitrogens with one attached hydrogen (secondary N) is 2. The Hall–Kier alpha value is -2.80. The summed E-state index contributed by atoms with van der Waals surface area (Å²) in [6, 6.07) is 8.92. The second-order valence-electron chi connectivity index (χ2n) is 6.76. The first-order chi connectivity index (χ1) is 13.2. The molecule has 0 aliphatic rings. The fourth-order valence-electron chi connectivity index (χ4n) is 2.83. The fraction of sp³-hybridized carbons (Fsp3) is 0.350. The van der Waals surface area contributed by atoms with E-state index in [1.807, 2.05) is 26.0 Å². The van der Waals surface area contributed by atoms with Gasteiger partial charge >= 0.3 is 6.09 Å². The number of carbonyl (C=O) groups excluding carboxylic acids is 1. The number of rotatable bonds is 8. The molecule has 0 bridgehead atoms. The molecule has 0 aliphatic heterocycles. The van der Waals surface area contributed by atoms with Crippen LogP contribution in [0, 0.1) is 5.92 Å². The average molecular weight is 406 g/mol. The highest BCUT2D eigenvalue weighted by Gasteiger charge is 2.13. The van der Waals surface area contributed by atoms with E-state index >= 15 is 0 Å². The molecule has 3 N–H and O–H groups in total. The predicted molar refractivity (Wildman–Crippen MR) is 109 cm³/mol. The first-order valence-corrected chi connectivity index (χ1v) is 9.28. The van der Waals surface area contributed by atoms with Crippen LogP contribution in [0.15, 0.2) is 36.5 Å². The lowest BCUT2D eigenvalue weighted by molar-refractivity contribution is -0.114. The molecular weight excluding hydrogens is 382 g/mol. The Bertz CT molecular complexity index is 844. The van der Waals surface area contributed by atoms with Gasteiger partial charge in [-0.05, 0) is 54.7 Å². The van der Waals surface area contributed by atoms with Crippen molar-refractivity contribution in [2.75, 3.05) is 11.9 Å². The molecule has 2 rings (SSSR count). The van der Waals surface area contributed by atoms with Gasteiger partial charge in [0.25, 0.3) is 0 Å². The van der Waals surface area contributed by atoms with Crippen molar-refractivity contribution in [1.82, 2.24) is 10.3 Å². The summed E-state index contributed by atoms with van der Waals surface area (Å²) in [6.07, 6.45) is 1.25. The number of nitrogens with zero attached hydrogens (tertiary/aromatic N) is 1. The maximum Gasteiger partial charge on any atom is 0.404 e. The Kier molecular flexibility index (Phi) is 7.63. The van der Waals surface area contributed by atoms with Crippen molar-refractivity contribution in [2.24, 2.45) is 5.92 Å². The maximum atomic E-state index is 11.2. The number of pyridine rings is 1. The summed E-state index contributed by atoms with van der Waals surface area (Å²) in [7, 11) is 0. The number of anilines is 1. The van der Waals surface area contributed by atoms with Gasteiger partial charge in [-0.15, -0.1) is 0 Å². The Morgan fingerprint density at radius 2 is 1.93 bits per heavy atom. The van der Waals surface area contributed by atoms with Gasteiger partial charge in [-0.1, -0.05) is 24.6 Å². The van der Waals surface area contributed by atoms with Crippen molar-refractivity contribution < 1.29 is 19.4 Å². The summed E-state index contributed by atoms with van der Waals surface area (Å²) in [5.41, 5.74) is 1.74. The van der Waals surface area contributed by atoms with Crippen LogP contribution in [0.3, 0.4) is 0 Å². The Morgan fingerprint density at radius 1 is 1.21 bits per heavy atom. The van der Waals surface area contributed by atoms with Crippen LogP contribution in [0.25, 0.3) is 11.1 Å². The SMILES string of the molecule is CC(=O)Nc1cc(-c2ccc(OC[C@@H](C)CC(C)NC(=O)O)c(Cl)c2)ccn1. The number of hydrogen-bond acceptors (Lipinski definition) is 4. The van der Waals surface area contributed by atoms with E-state index in [0.29, 0.717) is 29.6 Å². The molecule has 0 spiro atoms. The molecule has 1 aromatic carbocycles. The van der Waals surface area contributed by atoms with E-state index in [2.05, 4.69) is 15.6 Å². The average Bonchev–Trinajstić information content (AvgIpc) is 2.59. The Labute approximate surface area is 169 Å². The molecule has 2 atom stereocenters. The van der Waals surface area contributed by atoms with E-state index in [9.17, 15) is 9.59 Å². The van der Waals surface area contributed by atoms with Crippen molar-refractivity contribution in [2.45, 2.75) is 33.2 Å². The van der Waals surface area contributed by atoms with Gasteiger partial charge in [0, 0.05) is 19.2 Å². The van der Waals surface area contributed by atoms with Crippen molar-refractivity contribution >= 4 is 29.4 Å². The topological polar surface area (TPSA) is 101 Å². The molecule has 0 fully saturated rings. The monoisotopic (exact) mass is 405 g/mol. The van der Waals surface area contributed by atoms with E-state index in [1.54, 1.807) is 24.4 Å². The Balaban J connectivity index is 2.00. The number of ether oxygens (including phenoxy) is 1. The molecule has 0 saturated carbocycles. The summed E-state index contributed by atoms with van der Waals surface area (Å²) in [4.78, 5) is 25.9. The van der Waals surface area contributed by atoms with Crippen LogP contribution in [0.1, 0.15) is 27.2 Å². The molecule has 2 amide bonds. The van der Waals surface area contributed by atoms with Crippen molar-refractivity contribution in [1.29, 1.82) is 0 Å². The Morgan fingerprint density at radius 3 is 2.57 bits per heavy atom. The summed E-state index contributed by atoms with van der Waals surface area (Å²) < 4.78 is 5.80. The molecule has 1 heterocycles. The lowest BCUT2D eigenvalue weighted by atomic mass is 10.0. The molecule has 2 aromatic rings. The minimum atomic E-state index is -1.03. The minimum absolute atomic E-state index is 0.151. The number of halogens is 1. The summed E-state index contributed by atoms with van der Waals surface area (Å²) >= 11 is 6.36. The molecule has 1 aromatic heterocycles. The zero-order valence-electron chi connectivity index (χ0n) is 16.0. The second-order valence-corrected chi connectivity index (χ2v) is 7.17.